The monoisotopic (exact) mass is 297 g/mol. The molecule has 2 N–H and O–H groups in total. The van der Waals surface area contributed by atoms with Crippen molar-refractivity contribution < 1.29 is 18.3 Å². The SMILES string of the molecule is Cc1ccc(C=CC(=O)O)cc1S(=O)(=O)NC(C)(C)C. The van der Waals surface area contributed by atoms with E-state index in [1.54, 1.807) is 39.8 Å². The van der Waals surface area contributed by atoms with Crippen molar-refractivity contribution in [2.75, 3.05) is 0 Å². The molecule has 1 aromatic carbocycles. The molecule has 0 atom stereocenters. The van der Waals surface area contributed by atoms with Gasteiger partial charge in [-0.25, -0.2) is 17.9 Å². The third-order valence-corrected chi connectivity index (χ3v) is 4.26. The molecule has 110 valence electrons. The Kier molecular flexibility index (Phi) is 4.73. The van der Waals surface area contributed by atoms with Gasteiger partial charge in [-0.15, -0.1) is 0 Å². The van der Waals surface area contributed by atoms with E-state index in [0.717, 1.165) is 6.08 Å². The minimum Gasteiger partial charge on any atom is -0.478 e. The van der Waals surface area contributed by atoms with Crippen LogP contribution in [0.5, 0.6) is 0 Å². The number of aliphatic carboxylic acids is 1. The highest BCUT2D eigenvalue weighted by Crippen LogP contribution is 2.19. The number of carboxylic acids is 1. The average Bonchev–Trinajstić information content (AvgIpc) is 2.24. The Labute approximate surface area is 119 Å². The van der Waals surface area contributed by atoms with Crippen LogP contribution in [0, 0.1) is 6.92 Å². The first-order valence-corrected chi connectivity index (χ1v) is 7.55. The minimum atomic E-state index is -3.64. The molecule has 0 bridgehead atoms. The summed E-state index contributed by atoms with van der Waals surface area (Å²) < 4.78 is 27.2. The Bertz CT molecular complexity index is 640. The Morgan fingerprint density at radius 2 is 1.90 bits per heavy atom. The van der Waals surface area contributed by atoms with Crippen LogP contribution in [0.1, 0.15) is 31.9 Å². The maximum absolute atomic E-state index is 12.3. The Hall–Kier alpha value is -1.66. The molecule has 0 aliphatic heterocycles. The van der Waals surface area contributed by atoms with E-state index >= 15 is 0 Å². The summed E-state index contributed by atoms with van der Waals surface area (Å²) in [4.78, 5) is 10.6. The van der Waals surface area contributed by atoms with Crippen molar-refractivity contribution in [2.45, 2.75) is 38.1 Å². The molecule has 5 nitrogen and oxygen atoms in total. The second kappa shape index (κ2) is 5.76. The molecule has 0 fully saturated rings. The second-order valence-electron chi connectivity index (χ2n) is 5.55. The van der Waals surface area contributed by atoms with Gasteiger partial charge in [-0.2, -0.15) is 0 Å². The summed E-state index contributed by atoms with van der Waals surface area (Å²) in [6, 6.07) is 4.78. The summed E-state index contributed by atoms with van der Waals surface area (Å²) in [6.45, 7) is 6.97. The fourth-order valence-electron chi connectivity index (χ4n) is 1.64. The van der Waals surface area contributed by atoms with Crippen LogP contribution in [-0.4, -0.2) is 25.0 Å². The summed E-state index contributed by atoms with van der Waals surface area (Å²) in [5.41, 5.74) is 0.541. The zero-order valence-corrected chi connectivity index (χ0v) is 12.8. The average molecular weight is 297 g/mol. The summed E-state index contributed by atoms with van der Waals surface area (Å²) in [5, 5.41) is 8.59. The van der Waals surface area contributed by atoms with Gasteiger partial charge in [0.15, 0.2) is 0 Å². The molecule has 0 heterocycles. The number of hydrogen-bond donors (Lipinski definition) is 2. The van der Waals surface area contributed by atoms with Crippen LogP contribution in [-0.2, 0) is 14.8 Å². The van der Waals surface area contributed by atoms with Gasteiger partial charge >= 0.3 is 5.97 Å². The van der Waals surface area contributed by atoms with Gasteiger partial charge in [-0.1, -0.05) is 12.1 Å². The number of benzene rings is 1. The molecule has 0 aliphatic rings. The van der Waals surface area contributed by atoms with Crippen molar-refractivity contribution in [2.24, 2.45) is 0 Å². The zero-order chi connectivity index (χ0) is 15.6. The van der Waals surface area contributed by atoms with Crippen molar-refractivity contribution in [3.05, 3.63) is 35.4 Å². The number of carbonyl (C=O) groups is 1. The Morgan fingerprint density at radius 3 is 2.40 bits per heavy atom. The van der Waals surface area contributed by atoms with E-state index in [9.17, 15) is 13.2 Å². The maximum atomic E-state index is 12.3. The third kappa shape index (κ3) is 4.79. The summed E-state index contributed by atoms with van der Waals surface area (Å²) >= 11 is 0. The summed E-state index contributed by atoms with van der Waals surface area (Å²) in [6.07, 6.45) is 2.33. The van der Waals surface area contributed by atoms with Crippen LogP contribution in [0.2, 0.25) is 0 Å². The molecule has 0 aliphatic carbocycles. The molecule has 0 spiro atoms. The molecule has 1 aromatic rings. The smallest absolute Gasteiger partial charge is 0.328 e. The Balaban J connectivity index is 3.24. The van der Waals surface area contributed by atoms with Crippen molar-refractivity contribution in [3.8, 4) is 0 Å². The van der Waals surface area contributed by atoms with Crippen molar-refractivity contribution >= 4 is 22.1 Å². The molecular formula is C14H19NO4S. The summed E-state index contributed by atoms with van der Waals surface area (Å²) in [7, 11) is -3.64. The van der Waals surface area contributed by atoms with Crippen LogP contribution in [0.3, 0.4) is 0 Å². The van der Waals surface area contributed by atoms with Crippen LogP contribution < -0.4 is 4.72 Å². The number of carboxylic acid groups (broad SMARTS) is 1. The lowest BCUT2D eigenvalue weighted by Gasteiger charge is -2.21. The van der Waals surface area contributed by atoms with E-state index in [4.69, 9.17) is 5.11 Å². The highest BCUT2D eigenvalue weighted by molar-refractivity contribution is 7.89. The van der Waals surface area contributed by atoms with E-state index in [1.807, 2.05) is 0 Å². The molecule has 0 aromatic heterocycles. The van der Waals surface area contributed by atoms with Gasteiger partial charge in [0.05, 0.1) is 4.90 Å². The predicted molar refractivity (Wildman–Crippen MR) is 77.9 cm³/mol. The van der Waals surface area contributed by atoms with Gasteiger partial charge in [-0.3, -0.25) is 0 Å². The van der Waals surface area contributed by atoms with Crippen LogP contribution in [0.4, 0.5) is 0 Å². The highest BCUT2D eigenvalue weighted by Gasteiger charge is 2.23. The van der Waals surface area contributed by atoms with E-state index in [1.165, 1.54) is 12.1 Å². The lowest BCUT2D eigenvalue weighted by atomic mass is 10.1. The number of nitrogens with one attached hydrogen (secondary N) is 1. The summed E-state index contributed by atoms with van der Waals surface area (Å²) in [5.74, 6) is -1.08. The topological polar surface area (TPSA) is 83.5 Å². The van der Waals surface area contributed by atoms with Crippen molar-refractivity contribution in [1.29, 1.82) is 0 Å². The molecule has 0 unspecified atom stereocenters. The highest BCUT2D eigenvalue weighted by atomic mass is 32.2. The van der Waals surface area contributed by atoms with Gasteiger partial charge < -0.3 is 5.11 Å². The van der Waals surface area contributed by atoms with Gasteiger partial charge in [0.2, 0.25) is 10.0 Å². The lowest BCUT2D eigenvalue weighted by Crippen LogP contribution is -2.40. The Morgan fingerprint density at radius 1 is 1.30 bits per heavy atom. The minimum absolute atomic E-state index is 0.153. The van der Waals surface area contributed by atoms with Gasteiger partial charge in [0.25, 0.3) is 0 Å². The fourth-order valence-corrected chi connectivity index (χ4v) is 3.33. The standard InChI is InChI=1S/C14H19NO4S/c1-10-5-6-11(7-8-13(16)17)9-12(10)20(18,19)15-14(2,3)4/h5-9,15H,1-4H3,(H,16,17). The number of hydrogen-bond acceptors (Lipinski definition) is 3. The zero-order valence-electron chi connectivity index (χ0n) is 12.0. The third-order valence-electron chi connectivity index (χ3n) is 2.36. The first kappa shape index (κ1) is 16.4. The van der Waals surface area contributed by atoms with Gasteiger partial charge in [0.1, 0.15) is 0 Å². The van der Waals surface area contributed by atoms with E-state index in [0.29, 0.717) is 11.1 Å². The molecular weight excluding hydrogens is 278 g/mol. The second-order valence-corrected chi connectivity index (χ2v) is 7.20. The van der Waals surface area contributed by atoms with Crippen molar-refractivity contribution in [3.63, 3.8) is 0 Å². The number of aryl methyl sites for hydroxylation is 1. The molecule has 0 saturated carbocycles. The largest absolute Gasteiger partial charge is 0.478 e. The molecule has 0 saturated heterocycles. The van der Waals surface area contributed by atoms with E-state index in [-0.39, 0.29) is 4.90 Å². The van der Waals surface area contributed by atoms with Crippen LogP contribution in [0.25, 0.3) is 6.08 Å². The van der Waals surface area contributed by atoms with E-state index in [2.05, 4.69) is 4.72 Å². The van der Waals surface area contributed by atoms with Crippen LogP contribution in [0.15, 0.2) is 29.2 Å². The normalized spacial score (nSPS) is 12.8. The lowest BCUT2D eigenvalue weighted by molar-refractivity contribution is -0.131. The molecule has 0 radical (unpaired) electrons. The number of sulfonamides is 1. The molecule has 20 heavy (non-hydrogen) atoms. The van der Waals surface area contributed by atoms with Gasteiger partial charge in [-0.05, 0) is 51.0 Å². The molecule has 1 rings (SSSR count). The quantitative estimate of drug-likeness (QED) is 0.834. The fraction of sp³-hybridized carbons (Fsp3) is 0.357. The number of rotatable bonds is 4. The van der Waals surface area contributed by atoms with Gasteiger partial charge in [0, 0.05) is 11.6 Å². The van der Waals surface area contributed by atoms with Crippen LogP contribution >= 0.6 is 0 Å². The first-order valence-electron chi connectivity index (χ1n) is 6.07. The molecule has 6 heteroatoms. The molecule has 0 amide bonds. The maximum Gasteiger partial charge on any atom is 0.328 e. The predicted octanol–water partition coefficient (Wildman–Crippen LogP) is 2.17. The first-order chi connectivity index (χ1) is 9.01. The van der Waals surface area contributed by atoms with Crippen molar-refractivity contribution in [1.82, 2.24) is 4.72 Å². The van der Waals surface area contributed by atoms with E-state index < -0.39 is 21.5 Å².